The molecule has 0 aromatic heterocycles. The summed E-state index contributed by atoms with van der Waals surface area (Å²) in [6.07, 6.45) is 17.2. The first-order valence-corrected chi connectivity index (χ1v) is 8.85. The molecule has 2 aliphatic rings. The first-order valence-electron chi connectivity index (χ1n) is 8.85. The smallest absolute Gasteiger partial charge is 0.0726 e. The van der Waals surface area contributed by atoms with Crippen LogP contribution in [0, 0.1) is 0 Å². The molecule has 1 fully saturated rings. The summed E-state index contributed by atoms with van der Waals surface area (Å²) in [4.78, 5) is 2.60. The van der Waals surface area contributed by atoms with Gasteiger partial charge in [0.1, 0.15) is 0 Å². The number of ether oxygens (including phenoxy) is 1. The molecular weight excluding hydrogens is 246 g/mol. The molecule has 1 aliphatic heterocycles. The zero-order valence-corrected chi connectivity index (χ0v) is 13.6. The van der Waals surface area contributed by atoms with Crippen LogP contribution in [0.4, 0.5) is 0 Å². The van der Waals surface area contributed by atoms with Gasteiger partial charge >= 0.3 is 0 Å². The molecule has 116 valence electrons. The number of nitrogens with zero attached hydrogens (tertiary/aromatic N) is 1. The van der Waals surface area contributed by atoms with Crippen molar-refractivity contribution in [1.82, 2.24) is 4.90 Å². The Morgan fingerprint density at radius 1 is 0.850 bits per heavy atom. The highest BCUT2D eigenvalue weighted by molar-refractivity contribution is 5.03. The number of morpholine rings is 1. The van der Waals surface area contributed by atoms with E-state index < -0.39 is 0 Å². The molecule has 0 amide bonds. The van der Waals surface area contributed by atoms with Crippen LogP contribution >= 0.6 is 0 Å². The summed E-state index contributed by atoms with van der Waals surface area (Å²) in [6, 6.07) is 0. The molecule has 0 aromatic carbocycles. The summed E-state index contributed by atoms with van der Waals surface area (Å²) < 4.78 is 5.88. The van der Waals surface area contributed by atoms with E-state index in [1.807, 2.05) is 0 Å². The first-order chi connectivity index (χ1) is 9.75. The maximum absolute atomic E-state index is 5.88. The van der Waals surface area contributed by atoms with Crippen LogP contribution in [0.2, 0.25) is 0 Å². The van der Waals surface area contributed by atoms with Gasteiger partial charge in [-0.3, -0.25) is 0 Å². The predicted molar refractivity (Wildman–Crippen MR) is 85.8 cm³/mol. The Kier molecular flexibility index (Phi) is 6.92. The predicted octanol–water partition coefficient (Wildman–Crippen LogP) is 4.89. The van der Waals surface area contributed by atoms with Crippen LogP contribution in [0.3, 0.4) is 0 Å². The number of hydrogen-bond acceptors (Lipinski definition) is 2. The minimum absolute atomic E-state index is 0.376. The van der Waals surface area contributed by atoms with Gasteiger partial charge < -0.3 is 9.64 Å². The fraction of sp³-hybridized carbons (Fsp3) is 0.889. The molecule has 2 atom stereocenters. The van der Waals surface area contributed by atoms with E-state index >= 15 is 0 Å². The van der Waals surface area contributed by atoms with Crippen LogP contribution in [0.5, 0.6) is 0 Å². The van der Waals surface area contributed by atoms with Crippen molar-refractivity contribution in [2.24, 2.45) is 0 Å². The summed E-state index contributed by atoms with van der Waals surface area (Å²) in [5.74, 6) is 0. The molecule has 20 heavy (non-hydrogen) atoms. The van der Waals surface area contributed by atoms with Gasteiger partial charge in [0.15, 0.2) is 0 Å². The molecule has 1 heterocycles. The molecule has 1 aliphatic carbocycles. The molecule has 2 nitrogen and oxygen atoms in total. The third kappa shape index (κ3) is 5.47. The number of hydrogen-bond donors (Lipinski definition) is 0. The maximum Gasteiger partial charge on any atom is 0.0726 e. The molecule has 0 radical (unpaired) electrons. The minimum Gasteiger partial charge on any atom is -0.372 e. The number of rotatable bonds is 1. The third-order valence-electron chi connectivity index (χ3n) is 4.59. The van der Waals surface area contributed by atoms with Crippen molar-refractivity contribution in [3.63, 3.8) is 0 Å². The highest BCUT2D eigenvalue weighted by Crippen LogP contribution is 2.22. The molecule has 0 aromatic rings. The van der Waals surface area contributed by atoms with Crippen LogP contribution in [0.15, 0.2) is 11.8 Å². The highest BCUT2D eigenvalue weighted by Gasteiger charge is 2.23. The lowest BCUT2D eigenvalue weighted by atomic mass is 10.0. The van der Waals surface area contributed by atoms with E-state index in [4.69, 9.17) is 4.74 Å². The molecule has 0 unspecified atom stereocenters. The second kappa shape index (κ2) is 8.71. The van der Waals surface area contributed by atoms with Gasteiger partial charge in [-0.05, 0) is 39.5 Å². The molecule has 2 rings (SSSR count). The van der Waals surface area contributed by atoms with E-state index in [1.54, 1.807) is 5.70 Å². The SMILES string of the molecule is C[C@H]1CN(C2=CCCCCCCCCCC2)C[C@H](C)O1. The van der Waals surface area contributed by atoms with E-state index in [-0.39, 0.29) is 0 Å². The third-order valence-corrected chi connectivity index (χ3v) is 4.59. The molecule has 0 spiro atoms. The first kappa shape index (κ1) is 15.9. The summed E-state index contributed by atoms with van der Waals surface area (Å²) in [5, 5.41) is 0. The van der Waals surface area contributed by atoms with Gasteiger partial charge in [-0.2, -0.15) is 0 Å². The van der Waals surface area contributed by atoms with Crippen LogP contribution in [0.1, 0.15) is 78.1 Å². The van der Waals surface area contributed by atoms with E-state index in [2.05, 4.69) is 24.8 Å². The average Bonchev–Trinajstić information content (AvgIpc) is 2.38. The molecule has 0 bridgehead atoms. The Morgan fingerprint density at radius 2 is 1.40 bits per heavy atom. The molecular formula is C18H33NO. The molecule has 0 saturated carbocycles. The fourth-order valence-corrected chi connectivity index (χ4v) is 3.58. The fourth-order valence-electron chi connectivity index (χ4n) is 3.58. The molecule has 2 heteroatoms. The van der Waals surface area contributed by atoms with Crippen molar-refractivity contribution in [2.75, 3.05) is 13.1 Å². The monoisotopic (exact) mass is 279 g/mol. The topological polar surface area (TPSA) is 12.5 Å². The quantitative estimate of drug-likeness (QED) is 0.677. The van der Waals surface area contributed by atoms with Crippen molar-refractivity contribution in [3.05, 3.63) is 11.8 Å². The van der Waals surface area contributed by atoms with Crippen LogP contribution in [-0.2, 0) is 4.74 Å². The van der Waals surface area contributed by atoms with E-state index in [0.29, 0.717) is 12.2 Å². The van der Waals surface area contributed by atoms with Gasteiger partial charge in [0.25, 0.3) is 0 Å². The summed E-state index contributed by atoms with van der Waals surface area (Å²) >= 11 is 0. The lowest BCUT2D eigenvalue weighted by Crippen LogP contribution is -2.44. The second-order valence-electron chi connectivity index (χ2n) is 6.72. The van der Waals surface area contributed by atoms with Gasteiger partial charge in [0.2, 0.25) is 0 Å². The Balaban J connectivity index is 1.93. The Bertz CT molecular complexity index is 290. The zero-order valence-electron chi connectivity index (χ0n) is 13.6. The summed E-state index contributed by atoms with van der Waals surface area (Å²) in [7, 11) is 0. The van der Waals surface area contributed by atoms with Crippen molar-refractivity contribution < 1.29 is 4.74 Å². The molecule has 0 N–H and O–H groups in total. The van der Waals surface area contributed by atoms with Gasteiger partial charge in [0, 0.05) is 18.8 Å². The van der Waals surface area contributed by atoms with Crippen molar-refractivity contribution >= 4 is 0 Å². The van der Waals surface area contributed by atoms with Gasteiger partial charge in [-0.25, -0.2) is 0 Å². The van der Waals surface area contributed by atoms with E-state index in [9.17, 15) is 0 Å². The minimum atomic E-state index is 0.376. The van der Waals surface area contributed by atoms with E-state index in [0.717, 1.165) is 13.1 Å². The Morgan fingerprint density at radius 3 is 2.05 bits per heavy atom. The summed E-state index contributed by atoms with van der Waals surface area (Å²) in [6.45, 7) is 6.57. The average molecular weight is 279 g/mol. The van der Waals surface area contributed by atoms with Gasteiger partial charge in [-0.15, -0.1) is 0 Å². The van der Waals surface area contributed by atoms with Crippen molar-refractivity contribution in [1.29, 1.82) is 0 Å². The van der Waals surface area contributed by atoms with E-state index in [1.165, 1.54) is 64.2 Å². The van der Waals surface area contributed by atoms with Crippen LogP contribution in [-0.4, -0.2) is 30.2 Å². The molecule has 1 saturated heterocycles. The largest absolute Gasteiger partial charge is 0.372 e. The van der Waals surface area contributed by atoms with Crippen molar-refractivity contribution in [3.8, 4) is 0 Å². The van der Waals surface area contributed by atoms with Crippen LogP contribution in [0.25, 0.3) is 0 Å². The van der Waals surface area contributed by atoms with Crippen LogP contribution < -0.4 is 0 Å². The lowest BCUT2D eigenvalue weighted by Gasteiger charge is -2.38. The zero-order chi connectivity index (χ0) is 14.2. The Hall–Kier alpha value is -0.500. The van der Waals surface area contributed by atoms with Crippen molar-refractivity contribution in [2.45, 2.75) is 90.3 Å². The number of allylic oxidation sites excluding steroid dienone is 2. The van der Waals surface area contributed by atoms with Gasteiger partial charge in [0.05, 0.1) is 12.2 Å². The lowest BCUT2D eigenvalue weighted by molar-refractivity contribution is -0.0588. The van der Waals surface area contributed by atoms with Gasteiger partial charge in [-0.1, -0.05) is 44.6 Å². The Labute approximate surface area is 125 Å². The maximum atomic E-state index is 5.88. The standard InChI is InChI=1S/C18H33NO/c1-16-14-19(15-17(2)20-16)18-12-10-8-6-4-3-5-7-9-11-13-18/h12,16-17H,3-11,13-15H2,1-2H3/t16-,17-/m0/s1. The summed E-state index contributed by atoms with van der Waals surface area (Å²) in [5.41, 5.74) is 1.60. The normalized spacial score (nSPS) is 31.1. The highest BCUT2D eigenvalue weighted by atomic mass is 16.5. The second-order valence-corrected chi connectivity index (χ2v) is 6.72.